The number of carbonyl (C=O) groups is 2. The van der Waals surface area contributed by atoms with E-state index in [2.05, 4.69) is 5.32 Å². The normalized spacial score (nSPS) is 10.1. The number of benzene rings is 1. The van der Waals surface area contributed by atoms with Crippen molar-refractivity contribution in [3.05, 3.63) is 29.6 Å². The van der Waals surface area contributed by atoms with E-state index < -0.39 is 24.4 Å². The second kappa shape index (κ2) is 6.72. The number of carbonyl (C=O) groups excluding carboxylic acids is 1. The molecule has 1 aromatic rings. The van der Waals surface area contributed by atoms with Gasteiger partial charge in [-0.3, -0.25) is 4.79 Å². The highest BCUT2D eigenvalue weighted by atomic mass is 19.1. The van der Waals surface area contributed by atoms with Gasteiger partial charge >= 0.3 is 12.0 Å². The van der Waals surface area contributed by atoms with Crippen LogP contribution in [0.3, 0.4) is 0 Å². The molecule has 5 nitrogen and oxygen atoms in total. The maximum absolute atomic E-state index is 13.6. The molecule has 0 fully saturated rings. The zero-order valence-corrected chi connectivity index (χ0v) is 10.9. The highest BCUT2D eigenvalue weighted by molar-refractivity contribution is 5.91. The summed E-state index contributed by atoms with van der Waals surface area (Å²) < 4.78 is 13.6. The van der Waals surface area contributed by atoms with Gasteiger partial charge in [0.1, 0.15) is 12.4 Å². The lowest BCUT2D eigenvalue weighted by atomic mass is 10.2. The van der Waals surface area contributed by atoms with E-state index in [0.717, 1.165) is 10.5 Å². The van der Waals surface area contributed by atoms with Crippen LogP contribution in [0.25, 0.3) is 0 Å². The number of hydrogen-bond donors (Lipinski definition) is 2. The third-order valence-corrected chi connectivity index (χ3v) is 2.47. The van der Waals surface area contributed by atoms with Crippen LogP contribution in [-0.4, -0.2) is 35.1 Å². The van der Waals surface area contributed by atoms with Crippen molar-refractivity contribution >= 4 is 17.7 Å². The Kier molecular flexibility index (Phi) is 5.29. The highest BCUT2D eigenvalue weighted by Gasteiger charge is 2.17. The lowest BCUT2D eigenvalue weighted by molar-refractivity contribution is -0.137. The fraction of sp³-hybridized carbons (Fsp3) is 0.385. The molecule has 6 heteroatoms. The predicted molar refractivity (Wildman–Crippen MR) is 69.7 cm³/mol. The SMILES string of the molecule is CCCN(CC(=O)O)C(=O)Nc1ccc(C)cc1F. The molecule has 0 heterocycles. The Bertz CT molecular complexity index is 477. The molecule has 2 N–H and O–H groups in total. The fourth-order valence-electron chi connectivity index (χ4n) is 1.60. The van der Waals surface area contributed by atoms with Crippen LogP contribution in [0.1, 0.15) is 18.9 Å². The molecule has 0 unspecified atom stereocenters. The van der Waals surface area contributed by atoms with Crippen LogP contribution < -0.4 is 5.32 Å². The monoisotopic (exact) mass is 268 g/mol. The van der Waals surface area contributed by atoms with E-state index in [-0.39, 0.29) is 5.69 Å². The predicted octanol–water partition coefficient (Wildman–Crippen LogP) is 2.46. The molecule has 0 aliphatic rings. The Morgan fingerprint density at radius 3 is 2.63 bits per heavy atom. The van der Waals surface area contributed by atoms with E-state index in [1.165, 1.54) is 12.1 Å². The number of hydrogen-bond acceptors (Lipinski definition) is 2. The molecule has 1 aromatic carbocycles. The minimum Gasteiger partial charge on any atom is -0.480 e. The summed E-state index contributed by atoms with van der Waals surface area (Å²) >= 11 is 0. The first-order valence-electron chi connectivity index (χ1n) is 5.98. The summed E-state index contributed by atoms with van der Waals surface area (Å²) in [7, 11) is 0. The number of nitrogens with zero attached hydrogens (tertiary/aromatic N) is 1. The first-order chi connectivity index (χ1) is 8.93. The number of halogens is 1. The Labute approximate surface area is 111 Å². The highest BCUT2D eigenvalue weighted by Crippen LogP contribution is 2.15. The van der Waals surface area contributed by atoms with Gasteiger partial charge < -0.3 is 15.3 Å². The van der Waals surface area contributed by atoms with Gasteiger partial charge in [-0.2, -0.15) is 0 Å². The fourth-order valence-corrected chi connectivity index (χ4v) is 1.60. The Balaban J connectivity index is 2.77. The number of aryl methyl sites for hydroxylation is 1. The van der Waals surface area contributed by atoms with Crippen LogP contribution in [0.15, 0.2) is 18.2 Å². The maximum atomic E-state index is 13.6. The van der Waals surface area contributed by atoms with Gasteiger partial charge in [0.15, 0.2) is 0 Å². The molecule has 0 aliphatic heterocycles. The number of aliphatic carboxylic acids is 1. The third-order valence-electron chi connectivity index (χ3n) is 2.47. The first-order valence-corrected chi connectivity index (χ1v) is 5.98. The molecule has 1 rings (SSSR count). The van der Waals surface area contributed by atoms with Crippen molar-refractivity contribution in [2.75, 3.05) is 18.4 Å². The van der Waals surface area contributed by atoms with E-state index >= 15 is 0 Å². The molecule has 2 amide bonds. The van der Waals surface area contributed by atoms with Crippen LogP contribution >= 0.6 is 0 Å². The largest absolute Gasteiger partial charge is 0.480 e. The minimum absolute atomic E-state index is 0.0436. The first kappa shape index (κ1) is 14.9. The van der Waals surface area contributed by atoms with Gasteiger partial charge in [0.25, 0.3) is 0 Å². The van der Waals surface area contributed by atoms with Crippen LogP contribution in [0.4, 0.5) is 14.9 Å². The quantitative estimate of drug-likeness (QED) is 0.861. The van der Waals surface area contributed by atoms with Crippen LogP contribution in [0.5, 0.6) is 0 Å². The van der Waals surface area contributed by atoms with Gasteiger partial charge in [-0.1, -0.05) is 13.0 Å². The standard InChI is InChI=1S/C13H17FN2O3/c1-3-6-16(8-12(17)18)13(19)15-11-5-4-9(2)7-10(11)14/h4-5,7H,3,6,8H2,1-2H3,(H,15,19)(H,17,18). The molecule has 0 saturated carbocycles. The van der Waals surface area contributed by atoms with Crippen molar-refractivity contribution in [1.82, 2.24) is 4.90 Å². The van der Waals surface area contributed by atoms with Crippen molar-refractivity contribution in [3.63, 3.8) is 0 Å². The minimum atomic E-state index is -1.10. The van der Waals surface area contributed by atoms with Gasteiger partial charge in [-0.15, -0.1) is 0 Å². The maximum Gasteiger partial charge on any atom is 0.323 e. The summed E-state index contributed by atoms with van der Waals surface area (Å²) in [6.07, 6.45) is 0.622. The van der Waals surface area contributed by atoms with E-state index in [4.69, 9.17) is 5.11 Å². The van der Waals surface area contributed by atoms with Crippen molar-refractivity contribution < 1.29 is 19.1 Å². The molecule has 0 aromatic heterocycles. The average molecular weight is 268 g/mol. The Morgan fingerprint density at radius 2 is 2.11 bits per heavy atom. The zero-order valence-electron chi connectivity index (χ0n) is 10.9. The Morgan fingerprint density at radius 1 is 1.42 bits per heavy atom. The van der Waals surface area contributed by atoms with Crippen LogP contribution in [0, 0.1) is 12.7 Å². The number of carboxylic acids is 1. The van der Waals surface area contributed by atoms with Gasteiger partial charge in [0, 0.05) is 6.54 Å². The summed E-state index contributed by atoms with van der Waals surface area (Å²) in [5.41, 5.74) is 0.786. The van der Waals surface area contributed by atoms with E-state index in [1.807, 2.05) is 6.92 Å². The molecule has 0 radical (unpaired) electrons. The van der Waals surface area contributed by atoms with Crippen molar-refractivity contribution in [3.8, 4) is 0 Å². The van der Waals surface area contributed by atoms with Gasteiger partial charge in [-0.25, -0.2) is 9.18 Å². The van der Waals surface area contributed by atoms with Crippen molar-refractivity contribution in [1.29, 1.82) is 0 Å². The molecule has 0 bridgehead atoms. The van der Waals surface area contributed by atoms with Crippen LogP contribution in [0.2, 0.25) is 0 Å². The van der Waals surface area contributed by atoms with Crippen LogP contribution in [-0.2, 0) is 4.79 Å². The lowest BCUT2D eigenvalue weighted by Gasteiger charge is -2.20. The molecule has 0 spiro atoms. The number of nitrogens with one attached hydrogen (secondary N) is 1. The number of carboxylic acid groups (broad SMARTS) is 1. The number of urea groups is 1. The smallest absolute Gasteiger partial charge is 0.323 e. The molecule has 0 aliphatic carbocycles. The average Bonchev–Trinajstić information content (AvgIpc) is 2.31. The van der Waals surface area contributed by atoms with Gasteiger partial charge in [0.05, 0.1) is 5.69 Å². The lowest BCUT2D eigenvalue weighted by Crippen LogP contribution is -2.39. The second-order valence-electron chi connectivity index (χ2n) is 4.23. The molecule has 19 heavy (non-hydrogen) atoms. The second-order valence-corrected chi connectivity index (χ2v) is 4.23. The Hall–Kier alpha value is -2.11. The van der Waals surface area contributed by atoms with Gasteiger partial charge in [-0.05, 0) is 31.0 Å². The molecule has 0 saturated heterocycles. The van der Waals surface area contributed by atoms with Crippen molar-refractivity contribution in [2.24, 2.45) is 0 Å². The number of anilines is 1. The molecular weight excluding hydrogens is 251 g/mol. The number of rotatable bonds is 5. The third kappa shape index (κ3) is 4.57. The van der Waals surface area contributed by atoms with E-state index in [9.17, 15) is 14.0 Å². The summed E-state index contributed by atoms with van der Waals surface area (Å²) in [5, 5.41) is 11.1. The molecular formula is C13H17FN2O3. The van der Waals surface area contributed by atoms with E-state index in [1.54, 1.807) is 13.0 Å². The summed E-state index contributed by atoms with van der Waals surface area (Å²) in [4.78, 5) is 23.6. The summed E-state index contributed by atoms with van der Waals surface area (Å²) in [6, 6.07) is 3.80. The summed E-state index contributed by atoms with van der Waals surface area (Å²) in [6.45, 7) is 3.45. The van der Waals surface area contributed by atoms with Crippen molar-refractivity contribution in [2.45, 2.75) is 20.3 Å². The summed E-state index contributed by atoms with van der Waals surface area (Å²) in [5.74, 6) is -1.65. The zero-order chi connectivity index (χ0) is 14.4. The molecule has 104 valence electrons. The topological polar surface area (TPSA) is 69.6 Å². The number of amides is 2. The molecule has 0 atom stereocenters. The van der Waals surface area contributed by atoms with Gasteiger partial charge in [0.2, 0.25) is 0 Å². The van der Waals surface area contributed by atoms with E-state index in [0.29, 0.717) is 13.0 Å².